The van der Waals surface area contributed by atoms with Gasteiger partial charge in [0.1, 0.15) is 22.9 Å². The molecule has 0 saturated heterocycles. The van der Waals surface area contributed by atoms with Crippen LogP contribution in [0.2, 0.25) is 0 Å². The van der Waals surface area contributed by atoms with Crippen LogP contribution in [-0.4, -0.2) is 23.0 Å². The maximum Gasteiger partial charge on any atom is 0.262 e. The quantitative estimate of drug-likeness (QED) is 0.641. The number of ether oxygens (including phenoxy) is 1. The lowest BCUT2D eigenvalue weighted by molar-refractivity contribution is 0.101. The van der Waals surface area contributed by atoms with E-state index in [0.717, 1.165) is 37.0 Å². The number of halogens is 2. The molecule has 1 amide bonds. The molecule has 2 aromatic carbocycles. The summed E-state index contributed by atoms with van der Waals surface area (Å²) >= 11 is 0. The Morgan fingerprint density at radius 2 is 1.70 bits per heavy atom. The number of aromatic nitrogens is 2. The highest BCUT2D eigenvalue weighted by Gasteiger charge is 2.19. The van der Waals surface area contributed by atoms with E-state index < -0.39 is 23.1 Å². The summed E-state index contributed by atoms with van der Waals surface area (Å²) in [7, 11) is 1.60. The standard InChI is InChI=1S/C21H17F2N3O2.C2H6/c1-28-18-9-13-5-2-4-12(13)8-14(18)17-10-25-19(11-24-17)26-21(27)20-15(22)6-3-7-16(20)23;1-2/h3,6-11H,2,4-5H2,1H3,(H,25,26,27);1-2H3. The maximum atomic E-state index is 13.7. The number of fused-ring (bicyclic) bond motifs is 1. The van der Waals surface area contributed by atoms with Crippen LogP contribution in [0.1, 0.15) is 41.8 Å². The van der Waals surface area contributed by atoms with Crippen molar-refractivity contribution in [3.63, 3.8) is 0 Å². The second kappa shape index (κ2) is 9.43. The van der Waals surface area contributed by atoms with Crippen molar-refractivity contribution in [1.82, 2.24) is 9.97 Å². The fraction of sp³-hybridized carbons (Fsp3) is 0.261. The highest BCUT2D eigenvalue weighted by atomic mass is 19.1. The molecular weight excluding hydrogens is 388 g/mol. The molecule has 30 heavy (non-hydrogen) atoms. The average Bonchev–Trinajstić information content (AvgIpc) is 3.22. The van der Waals surface area contributed by atoms with Crippen molar-refractivity contribution in [2.75, 3.05) is 12.4 Å². The summed E-state index contributed by atoms with van der Waals surface area (Å²) in [6.07, 6.45) is 6.01. The van der Waals surface area contributed by atoms with E-state index in [1.807, 2.05) is 19.9 Å². The van der Waals surface area contributed by atoms with Crippen LogP contribution in [0.5, 0.6) is 5.75 Å². The third kappa shape index (κ3) is 4.30. The van der Waals surface area contributed by atoms with Crippen LogP contribution < -0.4 is 10.1 Å². The van der Waals surface area contributed by atoms with Crippen molar-refractivity contribution in [2.45, 2.75) is 33.1 Å². The number of amides is 1. The predicted molar refractivity (Wildman–Crippen MR) is 112 cm³/mol. The number of nitrogens with zero attached hydrogens (tertiary/aromatic N) is 2. The van der Waals surface area contributed by atoms with E-state index in [2.05, 4.69) is 21.4 Å². The zero-order valence-corrected chi connectivity index (χ0v) is 17.1. The van der Waals surface area contributed by atoms with Crippen LogP contribution in [0.4, 0.5) is 14.6 Å². The number of carbonyl (C=O) groups excluding carboxylic acids is 1. The number of methoxy groups -OCH3 is 1. The molecule has 7 heteroatoms. The number of carbonyl (C=O) groups is 1. The molecule has 1 aromatic heterocycles. The Hall–Kier alpha value is -3.35. The number of aryl methyl sites for hydroxylation is 2. The minimum Gasteiger partial charge on any atom is -0.496 e. The number of anilines is 1. The average molecular weight is 411 g/mol. The molecule has 1 aliphatic carbocycles. The Labute approximate surface area is 174 Å². The molecule has 4 rings (SSSR count). The summed E-state index contributed by atoms with van der Waals surface area (Å²) in [4.78, 5) is 20.6. The highest BCUT2D eigenvalue weighted by molar-refractivity contribution is 6.04. The maximum absolute atomic E-state index is 13.7. The van der Waals surface area contributed by atoms with Crippen molar-refractivity contribution in [3.05, 3.63) is 71.1 Å². The van der Waals surface area contributed by atoms with Crippen LogP contribution in [0, 0.1) is 11.6 Å². The van der Waals surface area contributed by atoms with Crippen LogP contribution in [-0.2, 0) is 12.8 Å². The molecule has 1 N–H and O–H groups in total. The third-order valence-corrected chi connectivity index (χ3v) is 4.77. The van der Waals surface area contributed by atoms with Crippen molar-refractivity contribution in [3.8, 4) is 17.0 Å². The van der Waals surface area contributed by atoms with Gasteiger partial charge in [-0.05, 0) is 54.7 Å². The van der Waals surface area contributed by atoms with Gasteiger partial charge in [0, 0.05) is 5.56 Å². The van der Waals surface area contributed by atoms with Crippen molar-refractivity contribution in [2.24, 2.45) is 0 Å². The fourth-order valence-electron chi connectivity index (χ4n) is 3.40. The summed E-state index contributed by atoms with van der Waals surface area (Å²) in [6, 6.07) is 7.31. The first-order chi connectivity index (χ1) is 14.6. The first-order valence-corrected chi connectivity index (χ1v) is 9.84. The summed E-state index contributed by atoms with van der Waals surface area (Å²) in [5.41, 5.74) is 3.29. The molecule has 1 aliphatic rings. The second-order valence-electron chi connectivity index (χ2n) is 6.51. The lowest BCUT2D eigenvalue weighted by Gasteiger charge is -2.11. The molecule has 0 radical (unpaired) electrons. The van der Waals surface area contributed by atoms with Crippen LogP contribution in [0.15, 0.2) is 42.7 Å². The lowest BCUT2D eigenvalue weighted by Crippen LogP contribution is -2.16. The molecule has 0 bridgehead atoms. The van der Waals surface area contributed by atoms with E-state index in [0.29, 0.717) is 11.4 Å². The van der Waals surface area contributed by atoms with Crippen molar-refractivity contribution < 1.29 is 18.3 Å². The van der Waals surface area contributed by atoms with E-state index in [4.69, 9.17) is 4.74 Å². The molecule has 0 spiro atoms. The minimum atomic E-state index is -0.940. The first-order valence-electron chi connectivity index (χ1n) is 9.84. The Kier molecular flexibility index (Phi) is 6.72. The second-order valence-corrected chi connectivity index (χ2v) is 6.51. The Balaban J connectivity index is 0.00000124. The smallest absolute Gasteiger partial charge is 0.262 e. The Morgan fingerprint density at radius 3 is 2.30 bits per heavy atom. The van der Waals surface area contributed by atoms with Gasteiger partial charge in [0.2, 0.25) is 0 Å². The molecule has 156 valence electrons. The third-order valence-electron chi connectivity index (χ3n) is 4.77. The Morgan fingerprint density at radius 1 is 1.03 bits per heavy atom. The first kappa shape index (κ1) is 21.4. The zero-order valence-electron chi connectivity index (χ0n) is 17.1. The summed E-state index contributed by atoms with van der Waals surface area (Å²) < 4.78 is 32.9. The van der Waals surface area contributed by atoms with Crippen molar-refractivity contribution in [1.29, 1.82) is 0 Å². The summed E-state index contributed by atoms with van der Waals surface area (Å²) in [6.45, 7) is 4.00. The van der Waals surface area contributed by atoms with E-state index in [1.165, 1.54) is 29.6 Å². The normalized spacial score (nSPS) is 11.9. The molecule has 3 aromatic rings. The van der Waals surface area contributed by atoms with Gasteiger partial charge in [-0.3, -0.25) is 9.78 Å². The zero-order chi connectivity index (χ0) is 21.7. The van der Waals surface area contributed by atoms with E-state index in [9.17, 15) is 13.6 Å². The number of benzene rings is 2. The minimum absolute atomic E-state index is 0.0940. The van der Waals surface area contributed by atoms with Crippen LogP contribution in [0.3, 0.4) is 0 Å². The van der Waals surface area contributed by atoms with Crippen LogP contribution in [0.25, 0.3) is 11.3 Å². The number of hydrogen-bond donors (Lipinski definition) is 1. The summed E-state index contributed by atoms with van der Waals surface area (Å²) in [5, 5.41) is 2.37. The highest BCUT2D eigenvalue weighted by Crippen LogP contribution is 2.35. The van der Waals surface area contributed by atoms with Gasteiger partial charge >= 0.3 is 0 Å². The fourth-order valence-corrected chi connectivity index (χ4v) is 3.40. The molecule has 0 unspecified atom stereocenters. The van der Waals surface area contributed by atoms with Gasteiger partial charge in [0.05, 0.1) is 25.2 Å². The SMILES string of the molecule is CC.COc1cc2c(cc1-c1cnc(NC(=O)c3c(F)cccc3F)cn1)CCC2. The molecule has 0 saturated carbocycles. The molecule has 1 heterocycles. The van der Waals surface area contributed by atoms with Gasteiger partial charge in [-0.1, -0.05) is 19.9 Å². The molecule has 0 atom stereocenters. The van der Waals surface area contributed by atoms with Gasteiger partial charge in [0.25, 0.3) is 5.91 Å². The number of nitrogens with one attached hydrogen (secondary N) is 1. The molecule has 0 aliphatic heterocycles. The van der Waals surface area contributed by atoms with Crippen LogP contribution >= 0.6 is 0 Å². The largest absolute Gasteiger partial charge is 0.496 e. The molecule has 0 fully saturated rings. The predicted octanol–water partition coefficient (Wildman–Crippen LogP) is 5.20. The van der Waals surface area contributed by atoms with Gasteiger partial charge in [-0.15, -0.1) is 0 Å². The van der Waals surface area contributed by atoms with Gasteiger partial charge in [0.15, 0.2) is 5.82 Å². The molecular formula is C23H23F2N3O2. The van der Waals surface area contributed by atoms with E-state index >= 15 is 0 Å². The van der Waals surface area contributed by atoms with E-state index in [-0.39, 0.29) is 5.82 Å². The lowest BCUT2D eigenvalue weighted by atomic mass is 10.0. The van der Waals surface area contributed by atoms with Gasteiger partial charge < -0.3 is 10.1 Å². The Bertz CT molecular complexity index is 1030. The molecule has 5 nitrogen and oxygen atoms in total. The summed E-state index contributed by atoms with van der Waals surface area (Å²) in [5.74, 6) is -2.00. The topological polar surface area (TPSA) is 64.1 Å². The van der Waals surface area contributed by atoms with Gasteiger partial charge in [-0.2, -0.15) is 0 Å². The monoisotopic (exact) mass is 411 g/mol. The number of rotatable bonds is 4. The number of hydrogen-bond acceptors (Lipinski definition) is 4. The van der Waals surface area contributed by atoms with E-state index in [1.54, 1.807) is 7.11 Å². The van der Waals surface area contributed by atoms with Crippen molar-refractivity contribution >= 4 is 11.7 Å². The van der Waals surface area contributed by atoms with Gasteiger partial charge in [-0.25, -0.2) is 13.8 Å².